The Morgan fingerprint density at radius 2 is 2.47 bits per heavy atom. The van der Waals surface area contributed by atoms with Crippen LogP contribution >= 0.6 is 22.9 Å². The van der Waals surface area contributed by atoms with Crippen molar-refractivity contribution in [2.45, 2.75) is 20.3 Å². The van der Waals surface area contributed by atoms with Crippen LogP contribution in [0.25, 0.3) is 0 Å². The Morgan fingerprint density at radius 1 is 1.73 bits per heavy atom. The number of alkyl halides is 1. The fraction of sp³-hybridized carbons (Fsp3) is 0.600. The van der Waals surface area contributed by atoms with Crippen LogP contribution in [-0.4, -0.2) is 23.3 Å². The summed E-state index contributed by atoms with van der Waals surface area (Å²) in [6, 6.07) is 0. The maximum absolute atomic E-state index is 11.4. The summed E-state index contributed by atoms with van der Waals surface area (Å²) in [6.07, 6.45) is 0.791. The number of rotatable bonds is 5. The van der Waals surface area contributed by atoms with Crippen molar-refractivity contribution in [2.24, 2.45) is 5.92 Å². The Bertz CT molecular complexity index is 327. The molecule has 84 valence electrons. The lowest BCUT2D eigenvalue weighted by Gasteiger charge is -2.07. The van der Waals surface area contributed by atoms with Gasteiger partial charge in [0, 0.05) is 35.8 Å². The van der Waals surface area contributed by atoms with E-state index in [1.54, 1.807) is 11.3 Å². The molecule has 0 fully saturated rings. The van der Waals surface area contributed by atoms with Crippen LogP contribution in [-0.2, 0) is 11.2 Å². The maximum Gasteiger partial charge on any atom is 0.224 e. The predicted octanol–water partition coefficient (Wildman–Crippen LogP) is 1.99. The summed E-state index contributed by atoms with van der Waals surface area (Å²) in [5.74, 6) is 0.255. The summed E-state index contributed by atoms with van der Waals surface area (Å²) in [7, 11) is 0. The summed E-state index contributed by atoms with van der Waals surface area (Å²) >= 11 is 7.20. The minimum Gasteiger partial charge on any atom is -0.355 e. The molecule has 1 atom stereocenters. The molecular formula is C10H15ClN2OS. The Balaban J connectivity index is 2.24. The molecule has 15 heavy (non-hydrogen) atoms. The van der Waals surface area contributed by atoms with Crippen LogP contribution in [0.5, 0.6) is 0 Å². The predicted molar refractivity (Wildman–Crippen MR) is 63.4 cm³/mol. The molecule has 0 aliphatic rings. The molecule has 5 heteroatoms. The molecule has 1 aromatic heterocycles. The second-order valence-electron chi connectivity index (χ2n) is 3.48. The van der Waals surface area contributed by atoms with Crippen molar-refractivity contribution >= 4 is 28.8 Å². The van der Waals surface area contributed by atoms with E-state index in [-0.39, 0.29) is 11.8 Å². The molecule has 0 spiro atoms. The van der Waals surface area contributed by atoms with Crippen LogP contribution in [0.3, 0.4) is 0 Å². The zero-order valence-corrected chi connectivity index (χ0v) is 10.5. The van der Waals surface area contributed by atoms with Gasteiger partial charge in [-0.25, -0.2) is 4.98 Å². The number of hydrogen-bond donors (Lipinski definition) is 1. The molecule has 0 aromatic carbocycles. The number of halogens is 1. The fourth-order valence-electron chi connectivity index (χ4n) is 1.05. The number of carbonyl (C=O) groups excluding carboxylic acids is 1. The van der Waals surface area contributed by atoms with Gasteiger partial charge in [0.05, 0.1) is 5.01 Å². The van der Waals surface area contributed by atoms with Gasteiger partial charge in [-0.1, -0.05) is 6.92 Å². The van der Waals surface area contributed by atoms with Gasteiger partial charge in [-0.05, 0) is 6.92 Å². The first-order valence-electron chi connectivity index (χ1n) is 4.88. The topological polar surface area (TPSA) is 42.0 Å². The summed E-state index contributed by atoms with van der Waals surface area (Å²) in [4.78, 5) is 15.7. The molecule has 0 aliphatic carbocycles. The molecule has 0 saturated carbocycles. The van der Waals surface area contributed by atoms with E-state index < -0.39 is 0 Å². The molecule has 1 unspecified atom stereocenters. The third kappa shape index (κ3) is 4.18. The van der Waals surface area contributed by atoms with Crippen LogP contribution in [0.2, 0.25) is 0 Å². The average Bonchev–Trinajstić information content (AvgIpc) is 2.63. The molecule has 1 aromatic rings. The van der Waals surface area contributed by atoms with Gasteiger partial charge >= 0.3 is 0 Å². The van der Waals surface area contributed by atoms with Gasteiger partial charge in [0.1, 0.15) is 0 Å². The van der Waals surface area contributed by atoms with Gasteiger partial charge in [-0.15, -0.1) is 22.9 Å². The van der Waals surface area contributed by atoms with Gasteiger partial charge in [-0.2, -0.15) is 0 Å². The van der Waals surface area contributed by atoms with Crippen molar-refractivity contribution in [3.8, 4) is 0 Å². The summed E-state index contributed by atoms with van der Waals surface area (Å²) < 4.78 is 0. The molecule has 0 radical (unpaired) electrons. The van der Waals surface area contributed by atoms with Crippen molar-refractivity contribution in [2.75, 3.05) is 12.4 Å². The number of nitrogens with one attached hydrogen (secondary N) is 1. The summed E-state index contributed by atoms with van der Waals surface area (Å²) in [5, 5.41) is 5.91. The Morgan fingerprint density at radius 3 is 3.00 bits per heavy atom. The number of nitrogens with zero attached hydrogens (tertiary/aromatic N) is 1. The van der Waals surface area contributed by atoms with Crippen molar-refractivity contribution < 1.29 is 4.79 Å². The zero-order valence-electron chi connectivity index (χ0n) is 8.92. The Hall–Kier alpha value is -0.610. The lowest BCUT2D eigenvalue weighted by molar-refractivity contribution is -0.123. The second-order valence-corrected chi connectivity index (χ2v) is 4.73. The van der Waals surface area contributed by atoms with Gasteiger partial charge in [0.15, 0.2) is 0 Å². The van der Waals surface area contributed by atoms with Crippen LogP contribution in [0.4, 0.5) is 0 Å². The molecule has 1 amide bonds. The van der Waals surface area contributed by atoms with Crippen LogP contribution in [0, 0.1) is 12.8 Å². The van der Waals surface area contributed by atoms with E-state index >= 15 is 0 Å². The van der Waals surface area contributed by atoms with Crippen LogP contribution in [0.1, 0.15) is 17.6 Å². The van der Waals surface area contributed by atoms with E-state index in [4.69, 9.17) is 11.6 Å². The number of amides is 1. The lowest BCUT2D eigenvalue weighted by Crippen LogP contribution is -2.31. The Labute approximate surface area is 98.9 Å². The van der Waals surface area contributed by atoms with Crippen molar-refractivity contribution in [3.63, 3.8) is 0 Å². The highest BCUT2D eigenvalue weighted by atomic mass is 35.5. The largest absolute Gasteiger partial charge is 0.355 e. The number of thiazole rings is 1. The zero-order chi connectivity index (χ0) is 11.3. The summed E-state index contributed by atoms with van der Waals surface area (Å²) in [6.45, 7) is 4.41. The van der Waals surface area contributed by atoms with Gasteiger partial charge in [0.25, 0.3) is 0 Å². The Kier molecular flexibility index (Phi) is 5.05. The van der Waals surface area contributed by atoms with E-state index in [9.17, 15) is 4.79 Å². The first kappa shape index (κ1) is 12.5. The third-order valence-corrected chi connectivity index (χ3v) is 3.47. The SMILES string of the molecule is Cc1csc(CCNC(=O)C(C)CCl)n1. The van der Waals surface area contributed by atoms with E-state index in [2.05, 4.69) is 10.3 Å². The number of hydrogen-bond acceptors (Lipinski definition) is 3. The van der Waals surface area contributed by atoms with Gasteiger partial charge < -0.3 is 5.32 Å². The van der Waals surface area contributed by atoms with Crippen molar-refractivity contribution in [1.29, 1.82) is 0 Å². The smallest absolute Gasteiger partial charge is 0.224 e. The lowest BCUT2D eigenvalue weighted by atomic mass is 10.2. The highest BCUT2D eigenvalue weighted by molar-refractivity contribution is 7.09. The van der Waals surface area contributed by atoms with E-state index in [0.29, 0.717) is 12.4 Å². The average molecular weight is 247 g/mol. The number of carbonyl (C=O) groups is 1. The fourth-order valence-corrected chi connectivity index (χ4v) is 1.97. The van der Waals surface area contributed by atoms with Crippen molar-refractivity contribution in [1.82, 2.24) is 10.3 Å². The van der Waals surface area contributed by atoms with Gasteiger partial charge in [0.2, 0.25) is 5.91 Å². The van der Waals surface area contributed by atoms with Crippen molar-refractivity contribution in [3.05, 3.63) is 16.1 Å². The monoisotopic (exact) mass is 246 g/mol. The standard InChI is InChI=1S/C10H15ClN2OS/c1-7(5-11)10(14)12-4-3-9-13-8(2)6-15-9/h6-7H,3-5H2,1-2H3,(H,12,14). The normalized spacial score (nSPS) is 12.5. The highest BCUT2D eigenvalue weighted by Crippen LogP contribution is 2.08. The number of aromatic nitrogens is 1. The molecule has 3 nitrogen and oxygen atoms in total. The highest BCUT2D eigenvalue weighted by Gasteiger charge is 2.10. The summed E-state index contributed by atoms with van der Waals surface area (Å²) in [5.41, 5.74) is 1.04. The van der Waals surface area contributed by atoms with Gasteiger partial charge in [-0.3, -0.25) is 4.79 Å². The molecule has 0 aliphatic heterocycles. The molecule has 0 saturated heterocycles. The first-order valence-corrected chi connectivity index (χ1v) is 6.29. The minimum atomic E-state index is -0.121. The number of aryl methyl sites for hydroxylation is 1. The molecule has 1 heterocycles. The van der Waals surface area contributed by atoms with Crippen LogP contribution in [0.15, 0.2) is 5.38 Å². The third-order valence-electron chi connectivity index (χ3n) is 1.98. The minimum absolute atomic E-state index is 0.0123. The van der Waals surface area contributed by atoms with E-state index in [1.807, 2.05) is 19.2 Å². The molecule has 0 bridgehead atoms. The molecule has 1 N–H and O–H groups in total. The van der Waals surface area contributed by atoms with E-state index in [0.717, 1.165) is 17.1 Å². The second kappa shape index (κ2) is 6.08. The van der Waals surface area contributed by atoms with E-state index in [1.165, 1.54) is 0 Å². The van der Waals surface area contributed by atoms with Crippen LogP contribution < -0.4 is 5.32 Å². The first-order chi connectivity index (χ1) is 7.13. The molecule has 1 rings (SSSR count). The maximum atomic E-state index is 11.4. The quantitative estimate of drug-likeness (QED) is 0.808. The molecular weight excluding hydrogens is 232 g/mol.